The molecule has 1 unspecified atom stereocenters. The van der Waals surface area contributed by atoms with Gasteiger partial charge < -0.3 is 5.32 Å². The second kappa shape index (κ2) is 6.15. The molecule has 1 saturated carbocycles. The van der Waals surface area contributed by atoms with Crippen molar-refractivity contribution >= 4 is 0 Å². The third-order valence-corrected chi connectivity index (χ3v) is 3.87. The third kappa shape index (κ3) is 3.06. The molecule has 0 aliphatic heterocycles. The zero-order valence-corrected chi connectivity index (χ0v) is 11.0. The highest BCUT2D eigenvalue weighted by Crippen LogP contribution is 2.28. The van der Waals surface area contributed by atoms with Gasteiger partial charge in [-0.3, -0.25) is 4.68 Å². The number of nitrogens with zero attached hydrogens (tertiary/aromatic N) is 3. The number of aromatic nitrogens is 3. The van der Waals surface area contributed by atoms with Crippen LogP contribution >= 0.6 is 0 Å². The molecule has 1 aliphatic rings. The molecule has 4 heteroatoms. The molecule has 4 nitrogen and oxygen atoms in total. The first kappa shape index (κ1) is 12.6. The molecule has 0 saturated heterocycles. The number of hydrogen-bond donors (Lipinski definition) is 1. The molecule has 1 heterocycles. The summed E-state index contributed by atoms with van der Waals surface area (Å²) in [5.74, 6) is 1.96. The maximum Gasteiger partial charge on any atom is 0.138 e. The minimum absolute atomic E-state index is 0.567. The summed E-state index contributed by atoms with van der Waals surface area (Å²) in [5.41, 5.74) is 0. The predicted molar refractivity (Wildman–Crippen MR) is 68.8 cm³/mol. The molecule has 0 bridgehead atoms. The number of hydrogen-bond acceptors (Lipinski definition) is 3. The molecule has 1 fully saturated rings. The number of rotatable bonds is 6. The van der Waals surface area contributed by atoms with Crippen LogP contribution in [-0.4, -0.2) is 27.9 Å². The second-order valence-electron chi connectivity index (χ2n) is 5.04. The summed E-state index contributed by atoms with van der Waals surface area (Å²) < 4.78 is 2.05. The average molecular weight is 236 g/mol. The van der Waals surface area contributed by atoms with E-state index in [0.29, 0.717) is 6.04 Å². The summed E-state index contributed by atoms with van der Waals surface area (Å²) in [4.78, 5) is 4.41. The normalized spacial score (nSPS) is 18.7. The maximum atomic E-state index is 4.41. The molecule has 0 aromatic carbocycles. The molecule has 1 N–H and O–H groups in total. The van der Waals surface area contributed by atoms with Gasteiger partial charge in [-0.25, -0.2) is 4.98 Å². The van der Waals surface area contributed by atoms with Gasteiger partial charge in [0.2, 0.25) is 0 Å². The summed E-state index contributed by atoms with van der Waals surface area (Å²) in [6.07, 6.45) is 9.34. The van der Waals surface area contributed by atoms with Crippen LogP contribution in [0.5, 0.6) is 0 Å². The fourth-order valence-electron chi connectivity index (χ4n) is 2.91. The predicted octanol–water partition coefficient (Wildman–Crippen LogP) is 2.01. The molecular formula is C13H24N4. The molecule has 1 atom stereocenters. The minimum atomic E-state index is 0.567. The lowest BCUT2D eigenvalue weighted by Gasteiger charge is -2.22. The molecule has 17 heavy (non-hydrogen) atoms. The highest BCUT2D eigenvalue weighted by Gasteiger charge is 2.25. The zero-order valence-electron chi connectivity index (χ0n) is 11.0. The Bertz CT molecular complexity index is 328. The molecule has 2 rings (SSSR count). The van der Waals surface area contributed by atoms with Crippen molar-refractivity contribution in [1.82, 2.24) is 20.1 Å². The quantitative estimate of drug-likeness (QED) is 0.821. The van der Waals surface area contributed by atoms with Gasteiger partial charge in [0.1, 0.15) is 12.2 Å². The van der Waals surface area contributed by atoms with E-state index in [2.05, 4.69) is 34.1 Å². The van der Waals surface area contributed by atoms with Gasteiger partial charge in [0, 0.05) is 19.0 Å². The Kier molecular flexibility index (Phi) is 4.54. The lowest BCUT2D eigenvalue weighted by molar-refractivity contribution is 0.365. The fourth-order valence-corrected chi connectivity index (χ4v) is 2.91. The minimum Gasteiger partial charge on any atom is -0.316 e. The topological polar surface area (TPSA) is 42.7 Å². The molecule has 1 aromatic heterocycles. The highest BCUT2D eigenvalue weighted by atomic mass is 15.3. The van der Waals surface area contributed by atoms with Crippen LogP contribution in [0, 0.1) is 5.92 Å². The Balaban J connectivity index is 1.99. The summed E-state index contributed by atoms with van der Waals surface area (Å²) in [5, 5.41) is 7.77. The summed E-state index contributed by atoms with van der Waals surface area (Å²) >= 11 is 0. The fraction of sp³-hybridized carbons (Fsp3) is 0.846. The van der Waals surface area contributed by atoms with E-state index >= 15 is 0 Å². The van der Waals surface area contributed by atoms with Gasteiger partial charge in [0.25, 0.3) is 0 Å². The van der Waals surface area contributed by atoms with Crippen LogP contribution in [0.3, 0.4) is 0 Å². The molecule has 1 aliphatic carbocycles. The van der Waals surface area contributed by atoms with E-state index in [1.807, 2.05) is 0 Å². The van der Waals surface area contributed by atoms with Crippen molar-refractivity contribution in [3.8, 4) is 0 Å². The molecule has 1 aromatic rings. The van der Waals surface area contributed by atoms with Crippen LogP contribution in [0.1, 0.15) is 44.9 Å². The summed E-state index contributed by atoms with van der Waals surface area (Å²) in [7, 11) is 2.07. The van der Waals surface area contributed by atoms with Gasteiger partial charge in [0.05, 0.1) is 0 Å². The largest absolute Gasteiger partial charge is 0.316 e. The van der Waals surface area contributed by atoms with Gasteiger partial charge >= 0.3 is 0 Å². The first-order valence-electron chi connectivity index (χ1n) is 6.89. The van der Waals surface area contributed by atoms with Crippen molar-refractivity contribution in [3.05, 3.63) is 12.2 Å². The average Bonchev–Trinajstić information content (AvgIpc) is 2.97. The van der Waals surface area contributed by atoms with Crippen LogP contribution in [-0.2, 0) is 13.0 Å². The number of likely N-dealkylation sites (N-methyl/N-ethyl adjacent to an activating group) is 1. The van der Waals surface area contributed by atoms with E-state index in [0.717, 1.165) is 31.1 Å². The zero-order chi connectivity index (χ0) is 12.1. The van der Waals surface area contributed by atoms with Crippen LogP contribution in [0.2, 0.25) is 0 Å². The van der Waals surface area contributed by atoms with E-state index in [-0.39, 0.29) is 0 Å². The summed E-state index contributed by atoms with van der Waals surface area (Å²) in [6, 6.07) is 0.567. The second-order valence-corrected chi connectivity index (χ2v) is 5.04. The molecule has 0 spiro atoms. The van der Waals surface area contributed by atoms with E-state index in [4.69, 9.17) is 0 Å². The molecule has 96 valence electrons. The van der Waals surface area contributed by atoms with Crippen LogP contribution in [0.4, 0.5) is 0 Å². The van der Waals surface area contributed by atoms with E-state index in [1.54, 1.807) is 6.33 Å². The van der Waals surface area contributed by atoms with Crippen molar-refractivity contribution in [2.24, 2.45) is 5.92 Å². The van der Waals surface area contributed by atoms with Crippen molar-refractivity contribution in [2.45, 2.75) is 58.0 Å². The number of nitrogens with one attached hydrogen (secondary N) is 1. The Hall–Kier alpha value is -0.900. The first-order chi connectivity index (χ1) is 8.35. The lowest BCUT2D eigenvalue weighted by atomic mass is 9.95. The van der Waals surface area contributed by atoms with Gasteiger partial charge in [-0.05, 0) is 32.2 Å². The molecule has 0 radical (unpaired) electrons. The first-order valence-corrected chi connectivity index (χ1v) is 6.89. The summed E-state index contributed by atoms with van der Waals surface area (Å²) in [6.45, 7) is 3.16. The molecular weight excluding hydrogens is 212 g/mol. The highest BCUT2D eigenvalue weighted by molar-refractivity contribution is 4.93. The van der Waals surface area contributed by atoms with Crippen molar-refractivity contribution in [3.63, 3.8) is 0 Å². The third-order valence-electron chi connectivity index (χ3n) is 3.87. The smallest absolute Gasteiger partial charge is 0.138 e. The van der Waals surface area contributed by atoms with Gasteiger partial charge in [-0.1, -0.05) is 19.8 Å². The monoisotopic (exact) mass is 236 g/mol. The van der Waals surface area contributed by atoms with Gasteiger partial charge in [-0.15, -0.1) is 0 Å². The van der Waals surface area contributed by atoms with Crippen molar-refractivity contribution in [1.29, 1.82) is 0 Å². The van der Waals surface area contributed by atoms with Crippen LogP contribution in [0.15, 0.2) is 6.33 Å². The van der Waals surface area contributed by atoms with Crippen molar-refractivity contribution in [2.75, 3.05) is 7.05 Å². The number of aryl methyl sites for hydroxylation is 1. The molecule has 0 amide bonds. The van der Waals surface area contributed by atoms with E-state index in [1.165, 1.54) is 25.7 Å². The Morgan fingerprint density at radius 3 is 2.88 bits per heavy atom. The van der Waals surface area contributed by atoms with Gasteiger partial charge in [0.15, 0.2) is 0 Å². The SMILES string of the molecule is CCCn1ncnc1CC(NC)C1CCCC1. The lowest BCUT2D eigenvalue weighted by Crippen LogP contribution is -2.35. The Morgan fingerprint density at radius 1 is 1.47 bits per heavy atom. The van der Waals surface area contributed by atoms with Crippen LogP contribution in [0.25, 0.3) is 0 Å². The van der Waals surface area contributed by atoms with Crippen molar-refractivity contribution < 1.29 is 0 Å². The van der Waals surface area contributed by atoms with E-state index in [9.17, 15) is 0 Å². The maximum absolute atomic E-state index is 4.41. The van der Waals surface area contributed by atoms with Gasteiger partial charge in [-0.2, -0.15) is 5.10 Å². The standard InChI is InChI=1S/C13H24N4/c1-3-8-17-13(15-10-16-17)9-12(14-2)11-6-4-5-7-11/h10-12,14H,3-9H2,1-2H3. The Labute approximate surface area is 104 Å². The van der Waals surface area contributed by atoms with E-state index < -0.39 is 0 Å². The van der Waals surface area contributed by atoms with Crippen LogP contribution < -0.4 is 5.32 Å². The Morgan fingerprint density at radius 2 is 2.24 bits per heavy atom.